The van der Waals surface area contributed by atoms with Gasteiger partial charge in [0.1, 0.15) is 12.1 Å². The van der Waals surface area contributed by atoms with Crippen molar-refractivity contribution in [2.24, 2.45) is 5.41 Å². The molecule has 0 unspecified atom stereocenters. The Morgan fingerprint density at radius 1 is 1.54 bits per heavy atom. The van der Waals surface area contributed by atoms with E-state index in [1.807, 2.05) is 13.8 Å². The van der Waals surface area contributed by atoms with E-state index in [9.17, 15) is 0 Å². The minimum Gasteiger partial charge on any atom is -0.396 e. The molecule has 0 saturated heterocycles. The molecule has 1 heterocycles. The normalized spacial score (nSPS) is 11.3. The molecule has 72 valence electrons. The van der Waals surface area contributed by atoms with Gasteiger partial charge in [-0.1, -0.05) is 13.8 Å². The SMILES string of the molecule is CC(C)(CO)CNc1ccncn1. The van der Waals surface area contributed by atoms with E-state index < -0.39 is 0 Å². The Morgan fingerprint density at radius 2 is 2.31 bits per heavy atom. The van der Waals surface area contributed by atoms with E-state index in [4.69, 9.17) is 5.11 Å². The van der Waals surface area contributed by atoms with Gasteiger partial charge in [0.15, 0.2) is 0 Å². The number of hydrogen-bond acceptors (Lipinski definition) is 4. The zero-order valence-corrected chi connectivity index (χ0v) is 7.99. The molecule has 0 bridgehead atoms. The van der Waals surface area contributed by atoms with E-state index in [2.05, 4.69) is 15.3 Å². The van der Waals surface area contributed by atoms with Crippen molar-refractivity contribution in [2.75, 3.05) is 18.5 Å². The van der Waals surface area contributed by atoms with Crippen molar-refractivity contribution in [2.45, 2.75) is 13.8 Å². The molecular weight excluding hydrogens is 166 g/mol. The molecule has 0 spiro atoms. The fourth-order valence-electron chi connectivity index (χ4n) is 0.781. The highest BCUT2D eigenvalue weighted by Crippen LogP contribution is 2.13. The van der Waals surface area contributed by atoms with E-state index in [0.29, 0.717) is 6.54 Å². The molecule has 4 nitrogen and oxygen atoms in total. The zero-order valence-electron chi connectivity index (χ0n) is 7.99. The van der Waals surface area contributed by atoms with Gasteiger partial charge in [0, 0.05) is 24.8 Å². The lowest BCUT2D eigenvalue weighted by atomic mass is 9.95. The molecule has 13 heavy (non-hydrogen) atoms. The van der Waals surface area contributed by atoms with E-state index in [-0.39, 0.29) is 12.0 Å². The van der Waals surface area contributed by atoms with Gasteiger partial charge < -0.3 is 10.4 Å². The Bertz CT molecular complexity index is 248. The maximum atomic E-state index is 9.00. The molecule has 0 aromatic carbocycles. The number of nitrogens with one attached hydrogen (secondary N) is 1. The Labute approximate surface area is 78.0 Å². The molecule has 0 fully saturated rings. The van der Waals surface area contributed by atoms with Gasteiger partial charge in [0.2, 0.25) is 0 Å². The van der Waals surface area contributed by atoms with Crippen LogP contribution in [0.1, 0.15) is 13.8 Å². The van der Waals surface area contributed by atoms with E-state index in [1.54, 1.807) is 12.3 Å². The van der Waals surface area contributed by atoms with Crippen molar-refractivity contribution in [3.63, 3.8) is 0 Å². The summed E-state index contributed by atoms with van der Waals surface area (Å²) in [6, 6.07) is 1.80. The van der Waals surface area contributed by atoms with Crippen LogP contribution in [0, 0.1) is 5.41 Å². The van der Waals surface area contributed by atoms with Gasteiger partial charge in [-0.25, -0.2) is 9.97 Å². The quantitative estimate of drug-likeness (QED) is 0.724. The lowest BCUT2D eigenvalue weighted by molar-refractivity contribution is 0.170. The average molecular weight is 181 g/mol. The first kappa shape index (κ1) is 9.92. The van der Waals surface area contributed by atoms with Gasteiger partial charge in [-0.05, 0) is 6.07 Å². The van der Waals surface area contributed by atoms with Gasteiger partial charge in [-0.15, -0.1) is 0 Å². The molecule has 0 amide bonds. The Hall–Kier alpha value is -1.16. The molecule has 0 atom stereocenters. The number of aliphatic hydroxyl groups excluding tert-OH is 1. The van der Waals surface area contributed by atoms with Crippen molar-refractivity contribution < 1.29 is 5.11 Å². The van der Waals surface area contributed by atoms with E-state index in [1.165, 1.54) is 6.33 Å². The minimum absolute atomic E-state index is 0.120. The first-order valence-electron chi connectivity index (χ1n) is 4.25. The summed E-state index contributed by atoms with van der Waals surface area (Å²) in [5.74, 6) is 0.788. The second-order valence-corrected chi connectivity index (χ2v) is 3.77. The summed E-state index contributed by atoms with van der Waals surface area (Å²) in [5.41, 5.74) is -0.120. The van der Waals surface area contributed by atoms with Crippen LogP contribution in [0.4, 0.5) is 5.82 Å². The highest BCUT2D eigenvalue weighted by molar-refractivity contribution is 5.31. The van der Waals surface area contributed by atoms with Crippen LogP contribution >= 0.6 is 0 Å². The molecule has 0 aliphatic rings. The molecule has 0 aliphatic carbocycles. The van der Waals surface area contributed by atoms with Crippen LogP contribution in [0.15, 0.2) is 18.6 Å². The molecule has 1 aromatic heterocycles. The van der Waals surface area contributed by atoms with Gasteiger partial charge in [-0.3, -0.25) is 0 Å². The number of rotatable bonds is 4. The largest absolute Gasteiger partial charge is 0.396 e. The maximum Gasteiger partial charge on any atom is 0.129 e. The third kappa shape index (κ3) is 3.38. The number of anilines is 1. The zero-order chi connectivity index (χ0) is 9.73. The second-order valence-electron chi connectivity index (χ2n) is 3.77. The van der Waals surface area contributed by atoms with Crippen LogP contribution < -0.4 is 5.32 Å². The summed E-state index contributed by atoms with van der Waals surface area (Å²) in [5, 5.41) is 12.1. The van der Waals surface area contributed by atoms with Crippen LogP contribution in [0.2, 0.25) is 0 Å². The molecule has 1 aromatic rings. The smallest absolute Gasteiger partial charge is 0.129 e. The van der Waals surface area contributed by atoms with Gasteiger partial charge in [0.25, 0.3) is 0 Å². The standard InChI is InChI=1S/C9H15N3O/c1-9(2,6-13)5-11-8-3-4-10-7-12-8/h3-4,7,13H,5-6H2,1-2H3,(H,10,11,12). The number of aliphatic hydroxyl groups is 1. The molecule has 0 radical (unpaired) electrons. The number of hydrogen-bond donors (Lipinski definition) is 2. The van der Waals surface area contributed by atoms with Crippen LogP contribution in [0.3, 0.4) is 0 Å². The summed E-state index contributed by atoms with van der Waals surface area (Å²) in [4.78, 5) is 7.82. The second kappa shape index (κ2) is 4.18. The molecule has 0 aliphatic heterocycles. The molecule has 2 N–H and O–H groups in total. The average Bonchev–Trinajstić information content (AvgIpc) is 2.17. The van der Waals surface area contributed by atoms with Crippen LogP contribution in [0.5, 0.6) is 0 Å². The third-order valence-corrected chi connectivity index (χ3v) is 1.76. The molecular formula is C9H15N3O. The Morgan fingerprint density at radius 3 is 2.85 bits per heavy atom. The van der Waals surface area contributed by atoms with Gasteiger partial charge in [0.05, 0.1) is 0 Å². The van der Waals surface area contributed by atoms with E-state index >= 15 is 0 Å². The lowest BCUT2D eigenvalue weighted by Crippen LogP contribution is -2.27. The van der Waals surface area contributed by atoms with Crippen molar-refractivity contribution >= 4 is 5.82 Å². The summed E-state index contributed by atoms with van der Waals surface area (Å²) in [6.45, 7) is 4.83. The maximum absolute atomic E-state index is 9.00. The van der Waals surface area contributed by atoms with E-state index in [0.717, 1.165) is 5.82 Å². The topological polar surface area (TPSA) is 58.0 Å². The first-order valence-corrected chi connectivity index (χ1v) is 4.25. The fraction of sp³-hybridized carbons (Fsp3) is 0.556. The summed E-state index contributed by atoms with van der Waals surface area (Å²) >= 11 is 0. The predicted octanol–water partition coefficient (Wildman–Crippen LogP) is 0.907. The monoisotopic (exact) mass is 181 g/mol. The van der Waals surface area contributed by atoms with Crippen LogP contribution in [-0.4, -0.2) is 28.2 Å². The highest BCUT2D eigenvalue weighted by Gasteiger charge is 2.15. The molecule has 1 rings (SSSR count). The van der Waals surface area contributed by atoms with Gasteiger partial charge in [-0.2, -0.15) is 0 Å². The fourth-order valence-corrected chi connectivity index (χ4v) is 0.781. The lowest BCUT2D eigenvalue weighted by Gasteiger charge is -2.21. The Balaban J connectivity index is 2.44. The predicted molar refractivity (Wildman–Crippen MR) is 51.4 cm³/mol. The minimum atomic E-state index is -0.120. The number of aromatic nitrogens is 2. The summed E-state index contributed by atoms with van der Waals surface area (Å²) in [6.07, 6.45) is 3.18. The number of nitrogens with zero attached hydrogens (tertiary/aromatic N) is 2. The summed E-state index contributed by atoms with van der Waals surface area (Å²) < 4.78 is 0. The Kier molecular flexibility index (Phi) is 3.19. The van der Waals surface area contributed by atoms with Crippen LogP contribution in [0.25, 0.3) is 0 Å². The highest BCUT2D eigenvalue weighted by atomic mass is 16.3. The molecule has 4 heteroatoms. The third-order valence-electron chi connectivity index (χ3n) is 1.76. The van der Waals surface area contributed by atoms with Crippen molar-refractivity contribution in [1.29, 1.82) is 0 Å². The molecule has 0 saturated carbocycles. The van der Waals surface area contributed by atoms with Crippen molar-refractivity contribution in [3.8, 4) is 0 Å². The van der Waals surface area contributed by atoms with Crippen molar-refractivity contribution in [1.82, 2.24) is 9.97 Å². The summed E-state index contributed by atoms with van der Waals surface area (Å²) in [7, 11) is 0. The van der Waals surface area contributed by atoms with Gasteiger partial charge >= 0.3 is 0 Å². The first-order chi connectivity index (χ1) is 6.14. The van der Waals surface area contributed by atoms with Crippen LogP contribution in [-0.2, 0) is 0 Å². The van der Waals surface area contributed by atoms with Crippen molar-refractivity contribution in [3.05, 3.63) is 18.6 Å².